The maximum Gasteiger partial charge on any atom is 0.261 e. The molecular formula is C12H9Cl2NO3S. The Morgan fingerprint density at radius 1 is 1.16 bits per heavy atom. The highest BCUT2D eigenvalue weighted by molar-refractivity contribution is 8.13. The molecule has 0 aliphatic rings. The van der Waals surface area contributed by atoms with Gasteiger partial charge in [-0.15, -0.1) is 0 Å². The van der Waals surface area contributed by atoms with Gasteiger partial charge in [0, 0.05) is 28.6 Å². The largest absolute Gasteiger partial charge is 0.489 e. The van der Waals surface area contributed by atoms with Gasteiger partial charge in [0.2, 0.25) is 0 Å². The van der Waals surface area contributed by atoms with Crippen molar-refractivity contribution in [2.24, 2.45) is 0 Å². The van der Waals surface area contributed by atoms with Crippen LogP contribution < -0.4 is 4.74 Å². The SMILES string of the molecule is O=S(=O)(Cl)c1ccc(OCc2ccncc2Cl)cc1. The molecule has 0 unspecified atom stereocenters. The molecule has 1 aromatic heterocycles. The zero-order chi connectivity index (χ0) is 13.9. The molecule has 0 spiro atoms. The number of hydrogen-bond acceptors (Lipinski definition) is 4. The van der Waals surface area contributed by atoms with Crippen LogP contribution in [0.1, 0.15) is 5.56 Å². The lowest BCUT2D eigenvalue weighted by atomic mass is 10.3. The molecule has 19 heavy (non-hydrogen) atoms. The second-order valence-electron chi connectivity index (χ2n) is 3.67. The van der Waals surface area contributed by atoms with Crippen LogP contribution in [0.5, 0.6) is 5.75 Å². The molecule has 7 heteroatoms. The first kappa shape index (κ1) is 14.1. The summed E-state index contributed by atoms with van der Waals surface area (Å²) in [4.78, 5) is 3.90. The summed E-state index contributed by atoms with van der Waals surface area (Å²) in [6.07, 6.45) is 3.15. The van der Waals surface area contributed by atoms with E-state index in [-0.39, 0.29) is 11.5 Å². The van der Waals surface area contributed by atoms with E-state index in [1.54, 1.807) is 12.3 Å². The van der Waals surface area contributed by atoms with Crippen LogP contribution in [-0.4, -0.2) is 13.4 Å². The Morgan fingerprint density at radius 2 is 1.84 bits per heavy atom. The van der Waals surface area contributed by atoms with Gasteiger partial charge in [-0.3, -0.25) is 4.98 Å². The van der Waals surface area contributed by atoms with Gasteiger partial charge in [-0.05, 0) is 30.3 Å². The molecule has 1 heterocycles. The number of halogens is 2. The number of rotatable bonds is 4. The van der Waals surface area contributed by atoms with E-state index in [0.29, 0.717) is 10.8 Å². The summed E-state index contributed by atoms with van der Waals surface area (Å²) < 4.78 is 27.6. The number of hydrogen-bond donors (Lipinski definition) is 0. The first-order valence-electron chi connectivity index (χ1n) is 5.23. The molecule has 0 saturated carbocycles. The second-order valence-corrected chi connectivity index (χ2v) is 6.64. The number of pyridine rings is 1. The molecule has 2 rings (SSSR count). The summed E-state index contributed by atoms with van der Waals surface area (Å²) in [5.41, 5.74) is 0.797. The van der Waals surface area contributed by atoms with E-state index in [1.807, 2.05) is 0 Å². The van der Waals surface area contributed by atoms with Crippen molar-refractivity contribution in [2.45, 2.75) is 11.5 Å². The minimum atomic E-state index is -3.71. The van der Waals surface area contributed by atoms with E-state index in [4.69, 9.17) is 27.0 Å². The molecule has 0 aliphatic carbocycles. The predicted molar refractivity (Wildman–Crippen MR) is 73.1 cm³/mol. The van der Waals surface area contributed by atoms with Crippen LogP contribution in [0.15, 0.2) is 47.6 Å². The molecule has 0 saturated heterocycles. The van der Waals surface area contributed by atoms with Crippen LogP contribution in [0.4, 0.5) is 0 Å². The lowest BCUT2D eigenvalue weighted by molar-refractivity contribution is 0.306. The van der Waals surface area contributed by atoms with Gasteiger partial charge in [0.15, 0.2) is 0 Å². The zero-order valence-corrected chi connectivity index (χ0v) is 11.9. The van der Waals surface area contributed by atoms with Crippen molar-refractivity contribution >= 4 is 31.3 Å². The highest BCUT2D eigenvalue weighted by Gasteiger charge is 2.09. The fourth-order valence-electron chi connectivity index (χ4n) is 1.38. The zero-order valence-electron chi connectivity index (χ0n) is 9.58. The Bertz CT molecular complexity index is 672. The molecule has 100 valence electrons. The fraction of sp³-hybridized carbons (Fsp3) is 0.0833. The Hall–Kier alpha value is -1.30. The van der Waals surface area contributed by atoms with Gasteiger partial charge in [0.05, 0.1) is 9.92 Å². The predicted octanol–water partition coefficient (Wildman–Crippen LogP) is 3.24. The number of ether oxygens (including phenoxy) is 1. The fourth-order valence-corrected chi connectivity index (χ4v) is 2.32. The Labute approximate surface area is 120 Å². The first-order valence-corrected chi connectivity index (χ1v) is 7.91. The van der Waals surface area contributed by atoms with Crippen LogP contribution in [0.25, 0.3) is 0 Å². The standard InChI is InChI=1S/C12H9Cl2NO3S/c13-12-7-15-6-5-9(12)8-18-10-1-3-11(4-2-10)19(14,16)17/h1-7H,8H2. The van der Waals surface area contributed by atoms with Crippen LogP contribution in [-0.2, 0) is 15.7 Å². The van der Waals surface area contributed by atoms with E-state index in [0.717, 1.165) is 5.56 Å². The molecule has 1 aromatic carbocycles. The van der Waals surface area contributed by atoms with Crippen LogP contribution in [0.2, 0.25) is 5.02 Å². The van der Waals surface area contributed by atoms with E-state index in [9.17, 15) is 8.42 Å². The summed E-state index contributed by atoms with van der Waals surface area (Å²) in [6.45, 7) is 0.272. The van der Waals surface area contributed by atoms with E-state index in [2.05, 4.69) is 4.98 Å². The van der Waals surface area contributed by atoms with Crippen molar-refractivity contribution in [3.8, 4) is 5.75 Å². The summed E-state index contributed by atoms with van der Waals surface area (Å²) in [5.74, 6) is 0.525. The van der Waals surface area contributed by atoms with Crippen LogP contribution in [0, 0.1) is 0 Å². The molecular weight excluding hydrogens is 309 g/mol. The van der Waals surface area contributed by atoms with Gasteiger partial charge >= 0.3 is 0 Å². The van der Waals surface area contributed by atoms with Gasteiger partial charge in [-0.25, -0.2) is 8.42 Å². The summed E-state index contributed by atoms with van der Waals surface area (Å²) in [5, 5.41) is 0.516. The lowest BCUT2D eigenvalue weighted by Crippen LogP contribution is -1.97. The van der Waals surface area contributed by atoms with Gasteiger partial charge < -0.3 is 4.74 Å². The third-order valence-electron chi connectivity index (χ3n) is 2.36. The molecule has 0 atom stereocenters. The summed E-state index contributed by atoms with van der Waals surface area (Å²) in [6, 6.07) is 7.58. The number of aromatic nitrogens is 1. The van der Waals surface area contributed by atoms with Crippen molar-refractivity contribution in [3.05, 3.63) is 53.3 Å². The summed E-state index contributed by atoms with van der Waals surface area (Å²) in [7, 11) is 1.51. The highest BCUT2D eigenvalue weighted by Crippen LogP contribution is 2.21. The lowest BCUT2D eigenvalue weighted by Gasteiger charge is -2.07. The van der Waals surface area contributed by atoms with Crippen molar-refractivity contribution < 1.29 is 13.2 Å². The van der Waals surface area contributed by atoms with E-state index < -0.39 is 9.05 Å². The smallest absolute Gasteiger partial charge is 0.261 e. The first-order chi connectivity index (χ1) is 8.97. The van der Waals surface area contributed by atoms with Gasteiger partial charge in [0.25, 0.3) is 9.05 Å². The Morgan fingerprint density at radius 3 is 2.42 bits per heavy atom. The Balaban J connectivity index is 2.07. The topological polar surface area (TPSA) is 56.3 Å². The number of benzene rings is 1. The van der Waals surface area contributed by atoms with E-state index >= 15 is 0 Å². The van der Waals surface area contributed by atoms with E-state index in [1.165, 1.54) is 30.5 Å². The third-order valence-corrected chi connectivity index (χ3v) is 4.07. The minimum absolute atomic E-state index is 0.0310. The molecule has 0 amide bonds. The van der Waals surface area contributed by atoms with Crippen LogP contribution in [0.3, 0.4) is 0 Å². The number of nitrogens with zero attached hydrogens (tertiary/aromatic N) is 1. The minimum Gasteiger partial charge on any atom is -0.489 e. The maximum atomic E-state index is 11.1. The Kier molecular flexibility index (Phi) is 4.29. The second kappa shape index (κ2) is 5.77. The molecule has 0 radical (unpaired) electrons. The molecule has 0 aliphatic heterocycles. The van der Waals surface area contributed by atoms with Gasteiger partial charge in [0.1, 0.15) is 12.4 Å². The molecule has 2 aromatic rings. The van der Waals surface area contributed by atoms with Crippen molar-refractivity contribution in [3.63, 3.8) is 0 Å². The van der Waals surface area contributed by atoms with Crippen molar-refractivity contribution in [1.29, 1.82) is 0 Å². The summed E-state index contributed by atoms with van der Waals surface area (Å²) >= 11 is 5.94. The molecule has 0 fully saturated rings. The van der Waals surface area contributed by atoms with Crippen LogP contribution >= 0.6 is 22.3 Å². The van der Waals surface area contributed by atoms with Gasteiger partial charge in [-0.1, -0.05) is 11.6 Å². The molecule has 4 nitrogen and oxygen atoms in total. The van der Waals surface area contributed by atoms with Crippen molar-refractivity contribution in [1.82, 2.24) is 4.98 Å². The average Bonchev–Trinajstić information content (AvgIpc) is 2.37. The molecule has 0 bridgehead atoms. The average molecular weight is 318 g/mol. The third kappa shape index (κ3) is 3.83. The maximum absolute atomic E-state index is 11.1. The molecule has 0 N–H and O–H groups in total. The van der Waals surface area contributed by atoms with Gasteiger partial charge in [-0.2, -0.15) is 0 Å². The monoisotopic (exact) mass is 317 g/mol. The highest BCUT2D eigenvalue weighted by atomic mass is 35.7. The normalized spacial score (nSPS) is 11.3. The van der Waals surface area contributed by atoms with Crippen molar-refractivity contribution in [2.75, 3.05) is 0 Å². The quantitative estimate of drug-likeness (QED) is 0.812.